The molecule has 0 aliphatic carbocycles. The molecule has 1 aliphatic heterocycles. The first-order valence-corrected chi connectivity index (χ1v) is 13.9. The molecule has 5 aromatic rings. The summed E-state index contributed by atoms with van der Waals surface area (Å²) in [6, 6.07) is 24.4. The summed E-state index contributed by atoms with van der Waals surface area (Å²) in [6.07, 6.45) is 3.03. The first kappa shape index (κ1) is 23.9. The lowest BCUT2D eigenvalue weighted by Gasteiger charge is -2.26. The molecule has 1 aliphatic rings. The average molecular weight is 521 g/mol. The standard InChI is InChI=1S/C30H24N4O3S/c1-31-23-13-15-24(16-14-23)38(36,37)34-28-20-22(30(35)33-18-5-2-6-19-33)12-17-27(28)32-29(34)26-11-7-9-21-8-3-4-10-25(21)26/h3-4,7-17,20H,2,5-6,18-19H2. The highest BCUT2D eigenvalue weighted by Gasteiger charge is 2.27. The van der Waals surface area contributed by atoms with Crippen molar-refractivity contribution in [1.29, 1.82) is 0 Å². The second-order valence-corrected chi connectivity index (χ2v) is 11.2. The van der Waals surface area contributed by atoms with Crippen molar-refractivity contribution in [2.24, 2.45) is 0 Å². The van der Waals surface area contributed by atoms with Crippen molar-refractivity contribution in [3.63, 3.8) is 0 Å². The number of carbonyl (C=O) groups excluding carboxylic acids is 1. The molecule has 0 bridgehead atoms. The first-order chi connectivity index (χ1) is 18.5. The number of amides is 1. The molecule has 1 amide bonds. The molecule has 2 heterocycles. The van der Waals surface area contributed by atoms with Crippen LogP contribution in [0.25, 0.3) is 38.0 Å². The molecule has 188 valence electrons. The molecule has 0 N–H and O–H groups in total. The summed E-state index contributed by atoms with van der Waals surface area (Å²) in [5, 5.41) is 1.83. The van der Waals surface area contributed by atoms with Crippen molar-refractivity contribution in [2.75, 3.05) is 13.1 Å². The van der Waals surface area contributed by atoms with E-state index in [4.69, 9.17) is 11.6 Å². The van der Waals surface area contributed by atoms with E-state index in [1.165, 1.54) is 28.2 Å². The highest BCUT2D eigenvalue weighted by molar-refractivity contribution is 7.90. The molecular weight excluding hydrogens is 496 g/mol. The Hall–Kier alpha value is -4.48. The Morgan fingerprint density at radius 1 is 0.868 bits per heavy atom. The van der Waals surface area contributed by atoms with Gasteiger partial charge in [0.15, 0.2) is 11.5 Å². The Kier molecular flexibility index (Phi) is 5.93. The van der Waals surface area contributed by atoms with Gasteiger partial charge >= 0.3 is 0 Å². The molecule has 6 rings (SSSR count). The quantitative estimate of drug-likeness (QED) is 0.262. The van der Waals surface area contributed by atoms with E-state index < -0.39 is 10.0 Å². The van der Waals surface area contributed by atoms with Gasteiger partial charge in [0.05, 0.1) is 22.5 Å². The SMILES string of the molecule is [C-]#[N+]c1ccc(S(=O)(=O)n2c(-c3cccc4ccccc34)nc3ccc(C(=O)N4CCCCC4)cc32)cc1. The molecule has 0 unspecified atom stereocenters. The Morgan fingerprint density at radius 3 is 2.37 bits per heavy atom. The zero-order chi connectivity index (χ0) is 26.3. The van der Waals surface area contributed by atoms with Crippen molar-refractivity contribution in [3.05, 3.63) is 102 Å². The summed E-state index contributed by atoms with van der Waals surface area (Å²) in [5.74, 6) is 0.165. The normalized spacial score (nSPS) is 14.0. The highest BCUT2D eigenvalue weighted by atomic mass is 32.2. The van der Waals surface area contributed by atoms with Gasteiger partial charge in [0, 0.05) is 24.2 Å². The van der Waals surface area contributed by atoms with Crippen LogP contribution in [0.1, 0.15) is 29.6 Å². The number of aromatic nitrogens is 2. The van der Waals surface area contributed by atoms with Crippen molar-refractivity contribution < 1.29 is 13.2 Å². The lowest BCUT2D eigenvalue weighted by Crippen LogP contribution is -2.35. The number of hydrogen-bond acceptors (Lipinski definition) is 4. The Bertz CT molecular complexity index is 1840. The Labute approximate surface area is 220 Å². The number of nitrogens with zero attached hydrogens (tertiary/aromatic N) is 4. The van der Waals surface area contributed by atoms with Crippen LogP contribution >= 0.6 is 0 Å². The van der Waals surface area contributed by atoms with E-state index in [9.17, 15) is 13.2 Å². The Balaban J connectivity index is 1.61. The lowest BCUT2D eigenvalue weighted by atomic mass is 10.0. The summed E-state index contributed by atoms with van der Waals surface area (Å²) >= 11 is 0. The van der Waals surface area contributed by atoms with Crippen molar-refractivity contribution in [2.45, 2.75) is 24.2 Å². The van der Waals surface area contributed by atoms with E-state index in [1.807, 2.05) is 47.4 Å². The van der Waals surface area contributed by atoms with E-state index in [-0.39, 0.29) is 16.6 Å². The van der Waals surface area contributed by atoms with E-state index >= 15 is 0 Å². The maximum atomic E-state index is 14.2. The molecular formula is C30H24N4O3S. The monoisotopic (exact) mass is 520 g/mol. The molecule has 7 nitrogen and oxygen atoms in total. The number of piperidine rings is 1. The van der Waals surface area contributed by atoms with E-state index in [2.05, 4.69) is 4.85 Å². The predicted molar refractivity (Wildman–Crippen MR) is 148 cm³/mol. The van der Waals surface area contributed by atoms with Gasteiger partial charge in [-0.25, -0.2) is 22.2 Å². The van der Waals surface area contributed by atoms with Crippen LogP contribution in [-0.4, -0.2) is 41.3 Å². The maximum Gasteiger partial charge on any atom is 0.269 e. The second kappa shape index (κ2) is 9.43. The summed E-state index contributed by atoms with van der Waals surface area (Å²) in [7, 11) is -4.14. The number of likely N-dealkylation sites (tertiary alicyclic amines) is 1. The Morgan fingerprint density at radius 2 is 1.61 bits per heavy atom. The molecule has 38 heavy (non-hydrogen) atoms. The first-order valence-electron chi connectivity index (χ1n) is 12.5. The number of fused-ring (bicyclic) bond motifs is 2. The van der Waals surface area contributed by atoms with Crippen molar-refractivity contribution >= 4 is 43.4 Å². The van der Waals surface area contributed by atoms with E-state index in [1.54, 1.807) is 18.2 Å². The zero-order valence-electron chi connectivity index (χ0n) is 20.5. The smallest absolute Gasteiger partial charge is 0.269 e. The third-order valence-corrected chi connectivity index (χ3v) is 8.76. The average Bonchev–Trinajstić information content (AvgIpc) is 3.36. The van der Waals surface area contributed by atoms with Crippen LogP contribution in [0.5, 0.6) is 0 Å². The third kappa shape index (κ3) is 4.01. The van der Waals surface area contributed by atoms with Gasteiger partial charge in [-0.05, 0) is 48.2 Å². The van der Waals surface area contributed by atoms with Gasteiger partial charge in [-0.3, -0.25) is 4.79 Å². The van der Waals surface area contributed by atoms with Crippen LogP contribution in [0.2, 0.25) is 0 Å². The summed E-state index contributed by atoms with van der Waals surface area (Å²) < 4.78 is 29.6. The van der Waals surface area contributed by atoms with Gasteiger partial charge in [-0.2, -0.15) is 0 Å². The molecule has 1 fully saturated rings. The fourth-order valence-corrected chi connectivity index (χ4v) is 6.56. The maximum absolute atomic E-state index is 14.2. The molecule has 1 saturated heterocycles. The zero-order valence-corrected chi connectivity index (χ0v) is 21.4. The minimum Gasteiger partial charge on any atom is -0.339 e. The molecule has 4 aromatic carbocycles. The van der Waals surface area contributed by atoms with Crippen LogP contribution in [0.4, 0.5) is 5.69 Å². The van der Waals surface area contributed by atoms with Gasteiger partial charge in [0.1, 0.15) is 0 Å². The fourth-order valence-electron chi connectivity index (χ4n) is 5.10. The number of hydrogen-bond donors (Lipinski definition) is 0. The van der Waals surface area contributed by atoms with Crippen LogP contribution < -0.4 is 0 Å². The summed E-state index contributed by atoms with van der Waals surface area (Å²) in [5.41, 5.74) is 2.27. The van der Waals surface area contributed by atoms with Crippen molar-refractivity contribution in [3.8, 4) is 11.4 Å². The summed E-state index contributed by atoms with van der Waals surface area (Å²) in [6.45, 7) is 8.61. The van der Waals surface area contributed by atoms with Crippen LogP contribution in [-0.2, 0) is 10.0 Å². The largest absolute Gasteiger partial charge is 0.339 e. The number of imidazole rings is 1. The van der Waals surface area contributed by atoms with Gasteiger partial charge in [0.25, 0.3) is 15.9 Å². The molecule has 1 aromatic heterocycles. The second-order valence-electron chi connectivity index (χ2n) is 9.39. The fraction of sp³-hybridized carbons (Fsp3) is 0.167. The van der Waals surface area contributed by atoms with Gasteiger partial charge < -0.3 is 4.90 Å². The third-order valence-electron chi connectivity index (χ3n) is 7.04. The molecule has 8 heteroatoms. The molecule has 0 atom stereocenters. The minimum absolute atomic E-state index is 0.0402. The summed E-state index contributed by atoms with van der Waals surface area (Å²) in [4.78, 5) is 23.3. The predicted octanol–water partition coefficient (Wildman–Crippen LogP) is 6.27. The van der Waals surface area contributed by atoms with E-state index in [0.29, 0.717) is 40.9 Å². The lowest BCUT2D eigenvalue weighted by molar-refractivity contribution is 0.0724. The van der Waals surface area contributed by atoms with Crippen LogP contribution in [0.3, 0.4) is 0 Å². The van der Waals surface area contributed by atoms with Crippen LogP contribution in [0.15, 0.2) is 89.8 Å². The molecule has 0 spiro atoms. The van der Waals surface area contributed by atoms with Crippen molar-refractivity contribution in [1.82, 2.24) is 13.9 Å². The van der Waals surface area contributed by atoms with Gasteiger partial charge in [-0.1, -0.05) is 66.7 Å². The van der Waals surface area contributed by atoms with Gasteiger partial charge in [0.2, 0.25) is 0 Å². The number of rotatable bonds is 4. The molecule has 0 saturated carbocycles. The molecule has 0 radical (unpaired) electrons. The van der Waals surface area contributed by atoms with Gasteiger partial charge in [-0.15, -0.1) is 0 Å². The minimum atomic E-state index is -4.14. The van der Waals surface area contributed by atoms with E-state index in [0.717, 1.165) is 30.0 Å². The number of carbonyl (C=O) groups is 1. The van der Waals surface area contributed by atoms with Crippen LogP contribution in [0, 0.1) is 6.57 Å². The number of benzene rings is 4. The topological polar surface area (TPSA) is 76.6 Å². The highest BCUT2D eigenvalue weighted by Crippen LogP contribution is 2.34.